The number of nitrogens with zero attached hydrogens (tertiary/aromatic N) is 2. The summed E-state index contributed by atoms with van der Waals surface area (Å²) in [6.07, 6.45) is 4.52. The van der Waals surface area contributed by atoms with E-state index in [9.17, 15) is 10.2 Å². The van der Waals surface area contributed by atoms with Crippen LogP contribution in [0.5, 0.6) is 0 Å². The first-order valence-corrected chi connectivity index (χ1v) is 10.7. The van der Waals surface area contributed by atoms with Gasteiger partial charge in [-0.2, -0.15) is 0 Å². The zero-order valence-corrected chi connectivity index (χ0v) is 16.3. The fourth-order valence-corrected chi connectivity index (χ4v) is 8.98. The van der Waals surface area contributed by atoms with Gasteiger partial charge in [0.05, 0.1) is 30.1 Å². The number of benzene rings is 1. The average molecular weight is 368 g/mol. The van der Waals surface area contributed by atoms with E-state index >= 15 is 0 Å². The molecule has 5 aliphatic heterocycles. The van der Waals surface area contributed by atoms with Gasteiger partial charge in [0.25, 0.3) is 0 Å². The van der Waals surface area contributed by atoms with E-state index in [2.05, 4.69) is 49.7 Å². The Morgan fingerprint density at radius 3 is 2.81 bits per heavy atom. The van der Waals surface area contributed by atoms with Gasteiger partial charge in [-0.3, -0.25) is 4.48 Å². The Kier molecular flexibility index (Phi) is 3.05. The molecule has 1 aromatic carbocycles. The van der Waals surface area contributed by atoms with Gasteiger partial charge < -0.3 is 15.1 Å². The number of aliphatic hydroxyl groups is 2. The minimum Gasteiger partial charge on any atom is -0.392 e. The molecule has 0 amide bonds. The number of likely N-dealkylation sites (N-methyl/N-ethyl adjacent to an activating group) is 1. The van der Waals surface area contributed by atoms with Crippen LogP contribution in [-0.2, 0) is 5.41 Å². The molecule has 1 aliphatic carbocycles. The van der Waals surface area contributed by atoms with Crippen molar-refractivity contribution in [3.8, 4) is 0 Å². The lowest BCUT2D eigenvalue weighted by atomic mass is 9.60. The number of piperidine rings is 4. The molecule has 144 valence electrons. The normalized spacial score (nSPS) is 53.6. The molecule has 4 saturated heterocycles. The molecule has 4 heteroatoms. The lowest BCUT2D eigenvalue weighted by Gasteiger charge is -2.67. The van der Waals surface area contributed by atoms with Gasteiger partial charge in [-0.25, -0.2) is 0 Å². The Hall–Kier alpha value is -1.36. The van der Waals surface area contributed by atoms with Gasteiger partial charge in [0.15, 0.2) is 6.23 Å². The van der Waals surface area contributed by atoms with Crippen molar-refractivity contribution in [2.75, 3.05) is 18.5 Å². The predicted molar refractivity (Wildman–Crippen MR) is 105 cm³/mol. The van der Waals surface area contributed by atoms with Crippen LogP contribution < -0.4 is 4.90 Å². The summed E-state index contributed by atoms with van der Waals surface area (Å²) in [7, 11) is 2.21. The number of hydrogen-bond acceptors (Lipinski definition) is 3. The zero-order valence-electron chi connectivity index (χ0n) is 16.3. The maximum absolute atomic E-state index is 11.9. The largest absolute Gasteiger partial charge is 0.392 e. The molecule has 1 aromatic rings. The molecule has 0 unspecified atom stereocenters. The molecule has 10 atom stereocenters. The minimum absolute atomic E-state index is 0.161. The molecule has 1 spiro atoms. The van der Waals surface area contributed by atoms with Crippen LogP contribution in [0.1, 0.15) is 31.7 Å². The van der Waals surface area contributed by atoms with E-state index < -0.39 is 0 Å². The highest BCUT2D eigenvalue weighted by molar-refractivity contribution is 5.66. The first-order valence-electron chi connectivity index (χ1n) is 10.7. The van der Waals surface area contributed by atoms with Crippen molar-refractivity contribution in [2.24, 2.45) is 17.8 Å². The summed E-state index contributed by atoms with van der Waals surface area (Å²) in [5.41, 5.74) is 2.47. The van der Waals surface area contributed by atoms with Crippen LogP contribution in [-0.4, -0.2) is 58.7 Å². The van der Waals surface area contributed by atoms with E-state index in [1.54, 1.807) is 0 Å². The summed E-state index contributed by atoms with van der Waals surface area (Å²) in [4.78, 5) is 2.44. The molecular weight excluding hydrogens is 336 g/mol. The Balaban J connectivity index is 1.63. The van der Waals surface area contributed by atoms with Crippen LogP contribution in [0.4, 0.5) is 5.69 Å². The van der Waals surface area contributed by atoms with Crippen molar-refractivity contribution in [2.45, 2.75) is 62.1 Å². The highest BCUT2D eigenvalue weighted by Crippen LogP contribution is 2.71. The summed E-state index contributed by atoms with van der Waals surface area (Å²) in [6.45, 7) is 7.10. The lowest BCUT2D eigenvalue weighted by Crippen LogP contribution is -2.82. The van der Waals surface area contributed by atoms with Gasteiger partial charge in [0.2, 0.25) is 0 Å². The van der Waals surface area contributed by atoms with Crippen LogP contribution in [0.3, 0.4) is 0 Å². The van der Waals surface area contributed by atoms with Gasteiger partial charge in [0, 0.05) is 37.4 Å². The van der Waals surface area contributed by atoms with Gasteiger partial charge in [-0.1, -0.05) is 31.7 Å². The average Bonchev–Trinajstić information content (AvgIpc) is 3.06. The summed E-state index contributed by atoms with van der Waals surface area (Å²) in [6, 6.07) is 9.71. The van der Waals surface area contributed by atoms with Crippen molar-refractivity contribution in [3.05, 3.63) is 42.5 Å². The second kappa shape index (κ2) is 4.97. The number of para-hydroxylation sites is 1. The van der Waals surface area contributed by atoms with Crippen molar-refractivity contribution < 1.29 is 14.7 Å². The molecule has 2 N–H and O–H groups in total. The second-order valence-electron chi connectivity index (χ2n) is 9.83. The van der Waals surface area contributed by atoms with E-state index in [0.717, 1.165) is 30.3 Å². The fourth-order valence-electron chi connectivity index (χ4n) is 8.98. The van der Waals surface area contributed by atoms with Crippen LogP contribution in [0, 0.1) is 17.8 Å². The first-order chi connectivity index (χ1) is 13.0. The van der Waals surface area contributed by atoms with Crippen LogP contribution >= 0.6 is 0 Å². The fraction of sp³-hybridized carbons (Fsp3) is 0.652. The summed E-state index contributed by atoms with van der Waals surface area (Å²) in [5, 5.41) is 23.5. The maximum Gasteiger partial charge on any atom is 0.194 e. The number of quaternary nitrogens is 1. The van der Waals surface area contributed by atoms with E-state index in [4.69, 9.17) is 0 Å². The minimum atomic E-state index is -0.321. The Labute approximate surface area is 161 Å². The Morgan fingerprint density at radius 2 is 2.07 bits per heavy atom. The second-order valence-corrected chi connectivity index (χ2v) is 9.83. The van der Waals surface area contributed by atoms with Gasteiger partial charge in [-0.15, -0.1) is 0 Å². The standard InChI is InChI=1S/C23H31N2O2/c1-4-10-25-17-11-14(13(5-2)22(25)27)19-18(25)12-23(21(19)26)15-8-6-7-9-16(15)24(3)20(17)23/h4,6-9,13-14,17-22,26-27H,1,5,10-12H2,2-3H3/q+1/t13-,14-,17+,18+,19-,20+,21+,22-,23+,25+/m1/s1. The van der Waals surface area contributed by atoms with Crippen molar-refractivity contribution in [3.63, 3.8) is 0 Å². The molecular formula is C23H31N2O2+. The molecule has 1 saturated carbocycles. The Bertz CT molecular complexity index is 826. The van der Waals surface area contributed by atoms with Gasteiger partial charge in [0.1, 0.15) is 6.04 Å². The lowest BCUT2D eigenvalue weighted by molar-refractivity contribution is -1.03. The molecule has 0 aromatic heterocycles. The van der Waals surface area contributed by atoms with Crippen molar-refractivity contribution in [1.82, 2.24) is 0 Å². The predicted octanol–water partition coefficient (Wildman–Crippen LogP) is 2.26. The third-order valence-corrected chi connectivity index (χ3v) is 9.56. The van der Waals surface area contributed by atoms with E-state index in [0.29, 0.717) is 29.8 Å². The van der Waals surface area contributed by atoms with Crippen LogP contribution in [0.25, 0.3) is 0 Å². The third kappa shape index (κ3) is 1.47. The molecule has 0 radical (unpaired) electrons. The Morgan fingerprint density at radius 1 is 1.30 bits per heavy atom. The van der Waals surface area contributed by atoms with E-state index in [-0.39, 0.29) is 23.8 Å². The number of fused-ring (bicyclic) bond motifs is 2. The molecule has 5 heterocycles. The quantitative estimate of drug-likeness (QED) is 0.636. The smallest absolute Gasteiger partial charge is 0.194 e. The number of hydrogen-bond donors (Lipinski definition) is 2. The molecule has 4 nitrogen and oxygen atoms in total. The monoisotopic (exact) mass is 367 g/mol. The van der Waals surface area contributed by atoms with Crippen LogP contribution in [0.15, 0.2) is 36.9 Å². The third-order valence-electron chi connectivity index (χ3n) is 9.56. The topological polar surface area (TPSA) is 43.7 Å². The number of aliphatic hydroxyl groups excluding tert-OH is 2. The van der Waals surface area contributed by atoms with Crippen molar-refractivity contribution >= 4 is 5.69 Å². The molecule has 5 bridgehead atoms. The summed E-state index contributed by atoms with van der Waals surface area (Å²) < 4.78 is 0.755. The molecule has 5 fully saturated rings. The molecule has 7 rings (SSSR count). The summed E-state index contributed by atoms with van der Waals surface area (Å²) >= 11 is 0. The SMILES string of the molecule is C=CC[N@+]12[C@H](O)[C@H](CC)[C@H]3C[C@H]1[C@@H]1N(C)c4ccccc4[C@@]14C[C@H]2[C@@H]3[C@@H]4O. The van der Waals surface area contributed by atoms with Crippen molar-refractivity contribution in [1.29, 1.82) is 0 Å². The van der Waals surface area contributed by atoms with Gasteiger partial charge >= 0.3 is 0 Å². The zero-order chi connectivity index (χ0) is 18.7. The number of anilines is 1. The number of rotatable bonds is 3. The van der Waals surface area contributed by atoms with Crippen LogP contribution in [0.2, 0.25) is 0 Å². The van der Waals surface area contributed by atoms with Gasteiger partial charge in [-0.05, 0) is 30.0 Å². The summed E-state index contributed by atoms with van der Waals surface area (Å²) in [5.74, 6) is 1.05. The first kappa shape index (κ1) is 16.6. The molecule has 27 heavy (non-hydrogen) atoms. The van der Waals surface area contributed by atoms with E-state index in [1.165, 1.54) is 11.3 Å². The van der Waals surface area contributed by atoms with E-state index in [1.807, 2.05) is 6.08 Å². The maximum atomic E-state index is 11.9. The molecule has 6 aliphatic rings. The highest BCUT2D eigenvalue weighted by atomic mass is 16.3. The highest BCUT2D eigenvalue weighted by Gasteiger charge is 2.82.